The van der Waals surface area contributed by atoms with Crippen molar-refractivity contribution in [3.8, 4) is 0 Å². The molecule has 0 aromatic heterocycles. The summed E-state index contributed by atoms with van der Waals surface area (Å²) in [6.07, 6.45) is -0.406. The molecular weight excluding hydrogens is 228 g/mol. The summed E-state index contributed by atoms with van der Waals surface area (Å²) in [5.74, 6) is 0.0388. The molecule has 4 heteroatoms. The van der Waals surface area contributed by atoms with E-state index in [1.165, 1.54) is 0 Å². The number of ether oxygens (including phenoxy) is 1. The maximum Gasteiger partial charge on any atom is 0.407 e. The van der Waals surface area contributed by atoms with Gasteiger partial charge in [0.15, 0.2) is 0 Å². The molecule has 1 atom stereocenters. The van der Waals surface area contributed by atoms with Gasteiger partial charge in [-0.15, -0.1) is 0 Å². The second-order valence-corrected chi connectivity index (χ2v) is 5.32. The van der Waals surface area contributed by atoms with Crippen LogP contribution in [0.1, 0.15) is 32.3 Å². The Labute approximate surface area is 109 Å². The van der Waals surface area contributed by atoms with Gasteiger partial charge in [0.25, 0.3) is 0 Å². The highest BCUT2D eigenvalue weighted by atomic mass is 16.5. The largest absolute Gasteiger partial charge is 0.449 e. The highest BCUT2D eigenvalue weighted by molar-refractivity contribution is 5.68. The Balaban J connectivity index is 2.48. The molecule has 0 fully saturated rings. The molecule has 0 aliphatic heterocycles. The maximum absolute atomic E-state index is 11.5. The molecule has 4 nitrogen and oxygen atoms in total. The van der Waals surface area contributed by atoms with E-state index in [9.17, 15) is 4.79 Å². The van der Waals surface area contributed by atoms with E-state index < -0.39 is 6.09 Å². The summed E-state index contributed by atoms with van der Waals surface area (Å²) in [7, 11) is 0. The third kappa shape index (κ3) is 5.19. The average Bonchev–Trinajstić information content (AvgIpc) is 2.29. The fourth-order valence-electron chi connectivity index (χ4n) is 1.54. The van der Waals surface area contributed by atoms with Gasteiger partial charge in [0.1, 0.15) is 6.61 Å². The van der Waals surface area contributed by atoms with Crippen molar-refractivity contribution in [2.75, 3.05) is 13.2 Å². The van der Waals surface area contributed by atoms with Gasteiger partial charge in [0, 0.05) is 18.0 Å². The standard InChI is InChI=1S/C14H22N2O2/c1-14(2,3)16-13(17)18-10-12(9-15)11-7-5-4-6-8-11/h4-8,12H,9-10,15H2,1-3H3,(H,16,17). The summed E-state index contributed by atoms with van der Waals surface area (Å²) in [5, 5.41) is 2.75. The Hall–Kier alpha value is -1.55. The summed E-state index contributed by atoms with van der Waals surface area (Å²) < 4.78 is 5.20. The van der Waals surface area contributed by atoms with Crippen LogP contribution in [0.3, 0.4) is 0 Å². The fraction of sp³-hybridized carbons (Fsp3) is 0.500. The van der Waals surface area contributed by atoms with Crippen molar-refractivity contribution in [3.63, 3.8) is 0 Å². The summed E-state index contributed by atoms with van der Waals surface area (Å²) in [6, 6.07) is 9.83. The zero-order chi connectivity index (χ0) is 13.6. The predicted octanol–water partition coefficient (Wildman–Crippen LogP) is 2.25. The van der Waals surface area contributed by atoms with Gasteiger partial charge in [0.05, 0.1) is 0 Å². The number of amides is 1. The third-order valence-corrected chi connectivity index (χ3v) is 2.45. The van der Waals surface area contributed by atoms with Crippen LogP contribution in [0, 0.1) is 0 Å². The van der Waals surface area contributed by atoms with Gasteiger partial charge < -0.3 is 15.8 Å². The molecule has 0 saturated carbocycles. The van der Waals surface area contributed by atoms with E-state index in [0.717, 1.165) is 5.56 Å². The van der Waals surface area contributed by atoms with E-state index in [1.54, 1.807) is 0 Å². The van der Waals surface area contributed by atoms with Crippen molar-refractivity contribution in [2.24, 2.45) is 5.73 Å². The van der Waals surface area contributed by atoms with Crippen molar-refractivity contribution in [2.45, 2.75) is 32.2 Å². The molecule has 1 aromatic rings. The molecule has 1 aromatic carbocycles. The highest BCUT2D eigenvalue weighted by Gasteiger charge is 2.17. The van der Waals surface area contributed by atoms with Gasteiger partial charge in [0.2, 0.25) is 0 Å². The molecule has 0 heterocycles. The van der Waals surface area contributed by atoms with Crippen LogP contribution < -0.4 is 11.1 Å². The number of alkyl carbamates (subject to hydrolysis) is 1. The molecule has 100 valence electrons. The number of hydrogen-bond acceptors (Lipinski definition) is 3. The van der Waals surface area contributed by atoms with Crippen molar-refractivity contribution < 1.29 is 9.53 Å². The van der Waals surface area contributed by atoms with Crippen LogP contribution in [0.25, 0.3) is 0 Å². The number of rotatable bonds is 4. The van der Waals surface area contributed by atoms with E-state index in [4.69, 9.17) is 10.5 Å². The lowest BCUT2D eigenvalue weighted by Crippen LogP contribution is -2.41. The second kappa shape index (κ2) is 6.40. The third-order valence-electron chi connectivity index (χ3n) is 2.45. The number of carbonyl (C=O) groups is 1. The molecule has 0 aliphatic rings. The van der Waals surface area contributed by atoms with Crippen LogP contribution in [0.4, 0.5) is 4.79 Å². The number of benzene rings is 1. The van der Waals surface area contributed by atoms with Crippen molar-refractivity contribution in [1.82, 2.24) is 5.32 Å². The molecule has 3 N–H and O–H groups in total. The summed E-state index contributed by atoms with van der Waals surface area (Å²) in [4.78, 5) is 11.5. The van der Waals surface area contributed by atoms with Gasteiger partial charge in [-0.3, -0.25) is 0 Å². The summed E-state index contributed by atoms with van der Waals surface area (Å²) >= 11 is 0. The lowest BCUT2D eigenvalue weighted by Gasteiger charge is -2.21. The number of nitrogens with two attached hydrogens (primary N) is 1. The second-order valence-electron chi connectivity index (χ2n) is 5.32. The molecular formula is C14H22N2O2. The minimum Gasteiger partial charge on any atom is -0.449 e. The van der Waals surface area contributed by atoms with Crippen molar-refractivity contribution in [3.05, 3.63) is 35.9 Å². The van der Waals surface area contributed by atoms with Gasteiger partial charge >= 0.3 is 6.09 Å². The summed E-state index contributed by atoms with van der Waals surface area (Å²) in [5.41, 5.74) is 6.50. The first-order valence-corrected chi connectivity index (χ1v) is 6.12. The van der Waals surface area contributed by atoms with E-state index in [2.05, 4.69) is 5.32 Å². The van der Waals surface area contributed by atoms with E-state index >= 15 is 0 Å². The first-order valence-electron chi connectivity index (χ1n) is 6.12. The zero-order valence-corrected chi connectivity index (χ0v) is 11.3. The lowest BCUT2D eigenvalue weighted by molar-refractivity contribution is 0.131. The normalized spacial score (nSPS) is 12.9. The number of nitrogens with one attached hydrogen (secondary N) is 1. The molecule has 0 spiro atoms. The molecule has 1 unspecified atom stereocenters. The van der Waals surface area contributed by atoms with Crippen LogP contribution in [-0.4, -0.2) is 24.8 Å². The van der Waals surface area contributed by atoms with Crippen molar-refractivity contribution in [1.29, 1.82) is 0 Å². The smallest absolute Gasteiger partial charge is 0.407 e. The number of hydrogen-bond donors (Lipinski definition) is 2. The first-order chi connectivity index (χ1) is 8.42. The van der Waals surface area contributed by atoms with Gasteiger partial charge in [-0.1, -0.05) is 30.3 Å². The Kier molecular flexibility index (Phi) is 5.16. The minimum absolute atomic E-state index is 0.0388. The maximum atomic E-state index is 11.5. The molecule has 1 rings (SSSR count). The Morgan fingerprint density at radius 1 is 1.33 bits per heavy atom. The molecule has 0 radical (unpaired) electrons. The minimum atomic E-state index is -0.406. The molecule has 0 saturated heterocycles. The zero-order valence-electron chi connectivity index (χ0n) is 11.3. The highest BCUT2D eigenvalue weighted by Crippen LogP contribution is 2.14. The van der Waals surface area contributed by atoms with Crippen LogP contribution in [0.15, 0.2) is 30.3 Å². The van der Waals surface area contributed by atoms with Crippen molar-refractivity contribution >= 4 is 6.09 Å². The Bertz CT molecular complexity index is 371. The molecule has 18 heavy (non-hydrogen) atoms. The quantitative estimate of drug-likeness (QED) is 0.861. The predicted molar refractivity (Wildman–Crippen MR) is 72.5 cm³/mol. The lowest BCUT2D eigenvalue weighted by atomic mass is 10.0. The van der Waals surface area contributed by atoms with Gasteiger partial charge in [-0.25, -0.2) is 4.79 Å². The fourth-order valence-corrected chi connectivity index (χ4v) is 1.54. The van der Waals surface area contributed by atoms with Crippen LogP contribution in [-0.2, 0) is 4.74 Å². The topological polar surface area (TPSA) is 64.3 Å². The SMILES string of the molecule is CC(C)(C)NC(=O)OCC(CN)c1ccccc1. The molecule has 0 bridgehead atoms. The number of carbonyl (C=O) groups excluding carboxylic acids is 1. The molecule has 1 amide bonds. The van der Waals surface area contributed by atoms with E-state index in [-0.39, 0.29) is 11.5 Å². The Morgan fingerprint density at radius 2 is 1.94 bits per heavy atom. The van der Waals surface area contributed by atoms with Gasteiger partial charge in [-0.05, 0) is 26.3 Å². The molecule has 0 aliphatic carbocycles. The average molecular weight is 250 g/mol. The van der Waals surface area contributed by atoms with Crippen LogP contribution in [0.5, 0.6) is 0 Å². The van der Waals surface area contributed by atoms with Gasteiger partial charge in [-0.2, -0.15) is 0 Å². The van der Waals surface area contributed by atoms with E-state index in [0.29, 0.717) is 13.2 Å². The van der Waals surface area contributed by atoms with Crippen LogP contribution in [0.2, 0.25) is 0 Å². The monoisotopic (exact) mass is 250 g/mol. The van der Waals surface area contributed by atoms with E-state index in [1.807, 2.05) is 51.1 Å². The summed E-state index contributed by atoms with van der Waals surface area (Å²) in [6.45, 7) is 6.47. The van der Waals surface area contributed by atoms with Crippen LogP contribution >= 0.6 is 0 Å². The Morgan fingerprint density at radius 3 is 2.44 bits per heavy atom. The first kappa shape index (κ1) is 14.5.